The van der Waals surface area contributed by atoms with E-state index in [9.17, 15) is 13.2 Å². The van der Waals surface area contributed by atoms with Gasteiger partial charge in [-0.15, -0.1) is 0 Å². The van der Waals surface area contributed by atoms with Gasteiger partial charge in [-0.25, -0.2) is 17.7 Å². The normalized spacial score (nSPS) is 12.8. The average Bonchev–Trinajstić information content (AvgIpc) is 3.10. The molecule has 3 rings (SSSR count). The first-order chi connectivity index (χ1) is 14.6. The number of nitrogens with zero attached hydrogens (tertiary/aromatic N) is 2. The lowest BCUT2D eigenvalue weighted by atomic mass is 10.3. The molecule has 1 heterocycles. The summed E-state index contributed by atoms with van der Waals surface area (Å²) in [6.45, 7) is 4.23. The molecule has 2 N–H and O–H groups in total. The van der Waals surface area contributed by atoms with Crippen molar-refractivity contribution in [1.82, 2.24) is 14.3 Å². The molecule has 0 spiro atoms. The number of aromatic amines is 1. The van der Waals surface area contributed by atoms with E-state index < -0.39 is 15.3 Å². The summed E-state index contributed by atoms with van der Waals surface area (Å²) in [4.78, 5) is 20.3. The van der Waals surface area contributed by atoms with Crippen LogP contribution in [0.4, 0.5) is 5.69 Å². The zero-order chi connectivity index (χ0) is 22.8. The number of nitrogens with one attached hydrogen (secondary N) is 2. The third-order valence-corrected chi connectivity index (χ3v) is 7.64. The standard InChI is InChI=1S/C20H23ClN4O4S2/c1-5-29-14-7-9-16-17(11-14)24-20(23-16)30-12(2)19(26)22-13-6-8-15(21)18(10-13)31(27,28)25(3)4/h6-12H,5H2,1-4H3,(H,22,26)(H,23,24). The average molecular weight is 483 g/mol. The van der Waals surface area contributed by atoms with E-state index in [0.29, 0.717) is 17.5 Å². The number of halogens is 1. The molecule has 0 bridgehead atoms. The molecule has 3 aromatic rings. The van der Waals surface area contributed by atoms with E-state index in [0.717, 1.165) is 21.1 Å². The van der Waals surface area contributed by atoms with Crippen molar-refractivity contribution in [3.63, 3.8) is 0 Å². The molecular weight excluding hydrogens is 460 g/mol. The van der Waals surface area contributed by atoms with E-state index in [1.165, 1.54) is 38.0 Å². The van der Waals surface area contributed by atoms with Crippen LogP contribution in [0, 0.1) is 0 Å². The predicted molar refractivity (Wildman–Crippen MR) is 124 cm³/mol. The Kier molecular flexibility index (Phi) is 7.15. The topological polar surface area (TPSA) is 104 Å². The van der Waals surface area contributed by atoms with Crippen LogP contribution in [0.3, 0.4) is 0 Å². The molecular formula is C20H23ClN4O4S2. The molecule has 1 aromatic heterocycles. The Hall–Kier alpha value is -2.27. The number of H-pyrrole nitrogens is 1. The first kappa shape index (κ1) is 23.4. The zero-order valence-corrected chi connectivity index (χ0v) is 19.9. The van der Waals surface area contributed by atoms with Gasteiger partial charge in [0.15, 0.2) is 5.16 Å². The molecule has 11 heteroatoms. The number of imidazole rings is 1. The van der Waals surface area contributed by atoms with Gasteiger partial charge in [-0.3, -0.25) is 4.79 Å². The van der Waals surface area contributed by atoms with Crippen molar-refractivity contribution < 1.29 is 17.9 Å². The van der Waals surface area contributed by atoms with Crippen molar-refractivity contribution in [2.45, 2.75) is 29.1 Å². The van der Waals surface area contributed by atoms with Crippen LogP contribution in [0.1, 0.15) is 13.8 Å². The number of rotatable bonds is 8. The molecule has 2 aromatic carbocycles. The van der Waals surface area contributed by atoms with Crippen LogP contribution < -0.4 is 10.1 Å². The second-order valence-corrected chi connectivity index (χ2v) is 10.7. The smallest absolute Gasteiger partial charge is 0.244 e. The van der Waals surface area contributed by atoms with E-state index in [2.05, 4.69) is 15.3 Å². The first-order valence-electron chi connectivity index (χ1n) is 9.44. The SMILES string of the molecule is CCOc1ccc2nc(SC(C)C(=O)Nc3ccc(Cl)c(S(=O)(=O)N(C)C)c3)[nH]c2c1. The molecule has 0 saturated carbocycles. The van der Waals surface area contributed by atoms with Crippen molar-refractivity contribution in [3.05, 3.63) is 41.4 Å². The lowest BCUT2D eigenvalue weighted by molar-refractivity contribution is -0.115. The summed E-state index contributed by atoms with van der Waals surface area (Å²) in [5.41, 5.74) is 1.93. The summed E-state index contributed by atoms with van der Waals surface area (Å²) in [7, 11) is -0.904. The molecule has 0 aliphatic rings. The van der Waals surface area contributed by atoms with Gasteiger partial charge in [-0.05, 0) is 44.2 Å². The van der Waals surface area contributed by atoms with Gasteiger partial charge >= 0.3 is 0 Å². The minimum atomic E-state index is -3.74. The largest absolute Gasteiger partial charge is 0.494 e. The monoisotopic (exact) mass is 482 g/mol. The Morgan fingerprint density at radius 2 is 2.03 bits per heavy atom. The van der Waals surface area contributed by atoms with E-state index >= 15 is 0 Å². The quantitative estimate of drug-likeness (QED) is 0.470. The number of carbonyl (C=O) groups is 1. The molecule has 31 heavy (non-hydrogen) atoms. The number of hydrogen-bond donors (Lipinski definition) is 2. The van der Waals surface area contributed by atoms with E-state index in [1.807, 2.05) is 25.1 Å². The summed E-state index contributed by atoms with van der Waals surface area (Å²) in [5.74, 6) is 0.447. The second kappa shape index (κ2) is 9.47. The summed E-state index contributed by atoms with van der Waals surface area (Å²) in [6, 6.07) is 9.91. The second-order valence-electron chi connectivity index (χ2n) is 6.84. The van der Waals surface area contributed by atoms with Crippen LogP contribution in [0.25, 0.3) is 11.0 Å². The van der Waals surface area contributed by atoms with Crippen LogP contribution in [0.2, 0.25) is 5.02 Å². The van der Waals surface area contributed by atoms with Crippen molar-refractivity contribution in [2.75, 3.05) is 26.0 Å². The number of benzene rings is 2. The predicted octanol–water partition coefficient (Wildman–Crippen LogP) is 3.98. The highest BCUT2D eigenvalue weighted by Gasteiger charge is 2.23. The molecule has 1 amide bonds. The fraction of sp³-hybridized carbons (Fsp3) is 0.300. The fourth-order valence-corrected chi connectivity index (χ4v) is 4.93. The number of carbonyl (C=O) groups excluding carboxylic acids is 1. The highest BCUT2D eigenvalue weighted by molar-refractivity contribution is 8.00. The molecule has 0 fully saturated rings. The van der Waals surface area contributed by atoms with Crippen molar-refractivity contribution in [3.8, 4) is 5.75 Å². The molecule has 166 valence electrons. The van der Waals surface area contributed by atoms with Gasteiger partial charge in [-0.1, -0.05) is 23.4 Å². The Bertz CT molecular complexity index is 1210. The zero-order valence-electron chi connectivity index (χ0n) is 17.5. The molecule has 0 aliphatic carbocycles. The number of hydrogen-bond acceptors (Lipinski definition) is 6. The molecule has 1 atom stereocenters. The summed E-state index contributed by atoms with van der Waals surface area (Å²) in [6.07, 6.45) is 0. The van der Waals surface area contributed by atoms with Crippen molar-refractivity contribution in [2.24, 2.45) is 0 Å². The number of aromatic nitrogens is 2. The van der Waals surface area contributed by atoms with Crippen LogP contribution >= 0.6 is 23.4 Å². The number of amides is 1. The highest BCUT2D eigenvalue weighted by Crippen LogP contribution is 2.29. The van der Waals surface area contributed by atoms with Crippen molar-refractivity contribution in [1.29, 1.82) is 0 Å². The van der Waals surface area contributed by atoms with Gasteiger partial charge in [-0.2, -0.15) is 0 Å². The van der Waals surface area contributed by atoms with E-state index in [4.69, 9.17) is 16.3 Å². The minimum absolute atomic E-state index is 0.0698. The lowest BCUT2D eigenvalue weighted by Crippen LogP contribution is -2.24. The van der Waals surface area contributed by atoms with Crippen LogP contribution in [-0.2, 0) is 14.8 Å². The van der Waals surface area contributed by atoms with E-state index in [1.54, 1.807) is 13.0 Å². The third-order valence-electron chi connectivity index (χ3n) is 4.36. The maximum Gasteiger partial charge on any atom is 0.244 e. The highest BCUT2D eigenvalue weighted by atomic mass is 35.5. The number of fused-ring (bicyclic) bond motifs is 1. The maximum absolute atomic E-state index is 12.7. The van der Waals surface area contributed by atoms with Gasteiger partial charge < -0.3 is 15.0 Å². The van der Waals surface area contributed by atoms with Gasteiger partial charge in [0.25, 0.3) is 0 Å². The summed E-state index contributed by atoms with van der Waals surface area (Å²) >= 11 is 7.32. The Morgan fingerprint density at radius 3 is 2.71 bits per heavy atom. The Morgan fingerprint density at radius 1 is 1.29 bits per heavy atom. The Labute approximate surface area is 190 Å². The molecule has 0 aliphatic heterocycles. The number of anilines is 1. The van der Waals surface area contributed by atoms with Gasteiger partial charge in [0.05, 0.1) is 27.9 Å². The minimum Gasteiger partial charge on any atom is -0.494 e. The van der Waals surface area contributed by atoms with Gasteiger partial charge in [0, 0.05) is 25.8 Å². The van der Waals surface area contributed by atoms with Gasteiger partial charge in [0.2, 0.25) is 15.9 Å². The molecule has 1 unspecified atom stereocenters. The van der Waals surface area contributed by atoms with Crippen molar-refractivity contribution >= 4 is 56.0 Å². The fourth-order valence-electron chi connectivity index (χ4n) is 2.72. The van der Waals surface area contributed by atoms with Crippen LogP contribution in [0.15, 0.2) is 46.5 Å². The number of sulfonamides is 1. The van der Waals surface area contributed by atoms with E-state index in [-0.39, 0.29) is 15.8 Å². The molecule has 8 nitrogen and oxygen atoms in total. The molecule has 0 radical (unpaired) electrons. The summed E-state index contributed by atoms with van der Waals surface area (Å²) < 4.78 is 31.4. The maximum atomic E-state index is 12.7. The van der Waals surface area contributed by atoms with Crippen LogP contribution in [-0.4, -0.2) is 54.6 Å². The van der Waals surface area contributed by atoms with Crippen LogP contribution in [0.5, 0.6) is 5.75 Å². The lowest BCUT2D eigenvalue weighted by Gasteiger charge is -2.15. The van der Waals surface area contributed by atoms with Gasteiger partial charge in [0.1, 0.15) is 10.6 Å². The molecule has 0 saturated heterocycles. The summed E-state index contributed by atoms with van der Waals surface area (Å²) in [5, 5.41) is 2.93. The Balaban J connectivity index is 1.73. The number of thioether (sulfide) groups is 1. The third kappa shape index (κ3) is 5.32. The first-order valence-corrected chi connectivity index (χ1v) is 12.1. The number of ether oxygens (including phenoxy) is 1.